The van der Waals surface area contributed by atoms with Crippen LogP contribution in [0, 0.1) is 0 Å². The number of ether oxygens (including phenoxy) is 1. The van der Waals surface area contributed by atoms with Crippen LogP contribution in [0.25, 0.3) is 0 Å². The topological polar surface area (TPSA) is 67.6 Å². The van der Waals surface area contributed by atoms with Gasteiger partial charge in [-0.3, -0.25) is 0 Å². The van der Waals surface area contributed by atoms with Crippen molar-refractivity contribution in [2.75, 3.05) is 19.0 Å². The fraction of sp³-hybridized carbons (Fsp3) is 0.533. The molecule has 1 fully saturated rings. The number of urea groups is 1. The quantitative estimate of drug-likeness (QED) is 0.891. The van der Waals surface area contributed by atoms with Crippen LogP contribution in [0.2, 0.25) is 0 Å². The highest BCUT2D eigenvalue weighted by atomic mass is 16.5. The second-order valence-electron chi connectivity index (χ2n) is 5.39. The smallest absolute Gasteiger partial charge is 0.321 e. The molecule has 0 saturated carbocycles. The van der Waals surface area contributed by atoms with Gasteiger partial charge in [-0.25, -0.2) is 4.79 Å². The van der Waals surface area contributed by atoms with Crippen LogP contribution in [-0.4, -0.2) is 36.7 Å². The molecule has 0 aliphatic carbocycles. The van der Waals surface area contributed by atoms with Crippen molar-refractivity contribution in [2.24, 2.45) is 5.73 Å². The fourth-order valence-electron chi connectivity index (χ4n) is 2.49. The zero-order valence-electron chi connectivity index (χ0n) is 12.3. The average Bonchev–Trinajstić information content (AvgIpc) is 2.84. The van der Waals surface area contributed by atoms with Gasteiger partial charge in [0.15, 0.2) is 0 Å². The number of amides is 2. The van der Waals surface area contributed by atoms with Crippen molar-refractivity contribution in [1.29, 1.82) is 0 Å². The van der Waals surface area contributed by atoms with E-state index >= 15 is 0 Å². The molecule has 0 aromatic heterocycles. The Hall–Kier alpha value is -1.59. The van der Waals surface area contributed by atoms with E-state index in [1.165, 1.54) is 0 Å². The van der Waals surface area contributed by atoms with Gasteiger partial charge in [0.1, 0.15) is 0 Å². The highest BCUT2D eigenvalue weighted by Gasteiger charge is 2.30. The van der Waals surface area contributed by atoms with Gasteiger partial charge in [0.05, 0.1) is 12.1 Å². The van der Waals surface area contributed by atoms with Crippen LogP contribution in [0.3, 0.4) is 0 Å². The maximum Gasteiger partial charge on any atom is 0.321 e. The van der Waals surface area contributed by atoms with Crippen LogP contribution in [0.5, 0.6) is 0 Å². The first-order chi connectivity index (χ1) is 9.49. The Morgan fingerprint density at radius 3 is 2.90 bits per heavy atom. The Morgan fingerprint density at radius 1 is 1.55 bits per heavy atom. The number of nitrogens with two attached hydrogens (primary N) is 1. The molecule has 1 heterocycles. The monoisotopic (exact) mass is 277 g/mol. The van der Waals surface area contributed by atoms with E-state index < -0.39 is 0 Å². The number of anilines is 1. The number of carbonyl (C=O) groups excluding carboxylic acids is 1. The predicted octanol–water partition coefficient (Wildman–Crippen LogP) is 2.35. The van der Waals surface area contributed by atoms with E-state index in [2.05, 4.69) is 5.32 Å². The molecule has 0 spiro atoms. The Balaban J connectivity index is 2.02. The van der Waals surface area contributed by atoms with Gasteiger partial charge >= 0.3 is 6.03 Å². The van der Waals surface area contributed by atoms with E-state index in [9.17, 15) is 4.79 Å². The molecular formula is C15H23N3O2. The highest BCUT2D eigenvalue weighted by Crippen LogP contribution is 2.20. The number of hydrogen-bond donors (Lipinski definition) is 2. The standard InChI is InChI=1S/C15H23N3O2/c1-10(16)12-5-4-6-13(9-12)17-15(19)18(3)14-7-8-20-11(14)2/h4-6,9-11,14H,7-8,16H2,1-3H3,(H,17,19). The van der Waals surface area contributed by atoms with Gasteiger partial charge in [-0.15, -0.1) is 0 Å². The minimum atomic E-state index is -0.117. The van der Waals surface area contributed by atoms with Gasteiger partial charge in [0.25, 0.3) is 0 Å². The molecule has 1 aromatic rings. The first kappa shape index (κ1) is 14.8. The molecule has 2 amide bonds. The predicted molar refractivity (Wildman–Crippen MR) is 79.6 cm³/mol. The minimum Gasteiger partial charge on any atom is -0.376 e. The van der Waals surface area contributed by atoms with Crippen LogP contribution < -0.4 is 11.1 Å². The van der Waals surface area contributed by atoms with E-state index in [0.717, 1.165) is 17.7 Å². The first-order valence-corrected chi connectivity index (χ1v) is 7.00. The van der Waals surface area contributed by atoms with Gasteiger partial charge in [0, 0.05) is 25.4 Å². The molecule has 5 nitrogen and oxygen atoms in total. The number of nitrogens with one attached hydrogen (secondary N) is 1. The van der Waals surface area contributed by atoms with Gasteiger partial charge in [-0.2, -0.15) is 0 Å². The lowest BCUT2D eigenvalue weighted by Crippen LogP contribution is -2.43. The summed E-state index contributed by atoms with van der Waals surface area (Å²) in [5.41, 5.74) is 7.62. The minimum absolute atomic E-state index is 0.0483. The van der Waals surface area contributed by atoms with Crippen LogP contribution in [-0.2, 0) is 4.74 Å². The van der Waals surface area contributed by atoms with Crippen LogP contribution in [0.15, 0.2) is 24.3 Å². The first-order valence-electron chi connectivity index (χ1n) is 7.00. The van der Waals surface area contributed by atoms with Gasteiger partial charge < -0.3 is 20.7 Å². The van der Waals surface area contributed by atoms with Crippen LogP contribution in [0.4, 0.5) is 10.5 Å². The molecule has 3 atom stereocenters. The number of hydrogen-bond acceptors (Lipinski definition) is 3. The molecule has 1 aromatic carbocycles. The van der Waals surface area contributed by atoms with Crippen molar-refractivity contribution in [3.05, 3.63) is 29.8 Å². The van der Waals surface area contributed by atoms with Gasteiger partial charge in [-0.05, 0) is 38.0 Å². The summed E-state index contributed by atoms with van der Waals surface area (Å²) in [5.74, 6) is 0. The van der Waals surface area contributed by atoms with Crippen molar-refractivity contribution in [2.45, 2.75) is 38.5 Å². The summed E-state index contributed by atoms with van der Waals surface area (Å²) < 4.78 is 5.50. The lowest BCUT2D eigenvalue weighted by Gasteiger charge is -2.27. The maximum absolute atomic E-state index is 12.3. The van der Waals surface area contributed by atoms with E-state index in [-0.39, 0.29) is 24.2 Å². The number of benzene rings is 1. The number of nitrogens with zero attached hydrogens (tertiary/aromatic N) is 1. The average molecular weight is 277 g/mol. The Morgan fingerprint density at radius 2 is 2.30 bits per heavy atom. The van der Waals surface area contributed by atoms with Crippen LogP contribution in [0.1, 0.15) is 31.9 Å². The van der Waals surface area contributed by atoms with Crippen molar-refractivity contribution in [3.63, 3.8) is 0 Å². The molecule has 0 radical (unpaired) electrons. The largest absolute Gasteiger partial charge is 0.376 e. The Bertz CT molecular complexity index is 476. The molecule has 3 unspecified atom stereocenters. The SMILES string of the molecule is CC(N)c1cccc(NC(=O)N(C)C2CCOC2C)c1. The molecule has 20 heavy (non-hydrogen) atoms. The van der Waals surface area contributed by atoms with Crippen molar-refractivity contribution in [1.82, 2.24) is 4.90 Å². The Kier molecular flexibility index (Phi) is 4.62. The normalized spacial score (nSPS) is 23.4. The van der Waals surface area contributed by atoms with E-state index in [4.69, 9.17) is 10.5 Å². The number of rotatable bonds is 3. The number of likely N-dealkylation sites (N-methyl/N-ethyl adjacent to an activating group) is 1. The number of carbonyl (C=O) groups is 1. The van der Waals surface area contributed by atoms with Crippen molar-refractivity contribution in [3.8, 4) is 0 Å². The third kappa shape index (κ3) is 3.29. The molecule has 110 valence electrons. The van der Waals surface area contributed by atoms with E-state index in [0.29, 0.717) is 6.61 Å². The molecule has 1 aliphatic heterocycles. The molecular weight excluding hydrogens is 254 g/mol. The summed E-state index contributed by atoms with van der Waals surface area (Å²) in [6, 6.07) is 7.60. The molecule has 1 saturated heterocycles. The summed E-state index contributed by atoms with van der Waals surface area (Å²) in [6.07, 6.45) is 0.964. The van der Waals surface area contributed by atoms with Crippen molar-refractivity contribution >= 4 is 11.7 Å². The van der Waals surface area contributed by atoms with Crippen LogP contribution >= 0.6 is 0 Å². The maximum atomic E-state index is 12.3. The van der Waals surface area contributed by atoms with Crippen molar-refractivity contribution < 1.29 is 9.53 Å². The summed E-state index contributed by atoms with van der Waals surface area (Å²) in [5, 5.41) is 2.91. The van der Waals surface area contributed by atoms with Gasteiger partial charge in [0.2, 0.25) is 0 Å². The lowest BCUT2D eigenvalue weighted by atomic mass is 10.1. The third-order valence-electron chi connectivity index (χ3n) is 3.82. The second kappa shape index (κ2) is 6.24. The molecule has 0 bridgehead atoms. The zero-order chi connectivity index (χ0) is 14.7. The molecule has 3 N–H and O–H groups in total. The summed E-state index contributed by atoms with van der Waals surface area (Å²) >= 11 is 0. The molecule has 1 aliphatic rings. The van der Waals surface area contributed by atoms with Gasteiger partial charge in [-0.1, -0.05) is 12.1 Å². The summed E-state index contributed by atoms with van der Waals surface area (Å²) in [7, 11) is 1.81. The van der Waals surface area contributed by atoms with E-state index in [1.54, 1.807) is 11.9 Å². The highest BCUT2D eigenvalue weighted by molar-refractivity contribution is 5.89. The molecule has 2 rings (SSSR count). The summed E-state index contributed by atoms with van der Waals surface area (Å²) in [6.45, 7) is 4.63. The Labute approximate surface area is 120 Å². The lowest BCUT2D eigenvalue weighted by molar-refractivity contribution is 0.0929. The zero-order valence-corrected chi connectivity index (χ0v) is 12.3. The summed E-state index contributed by atoms with van der Waals surface area (Å²) in [4.78, 5) is 14.0. The molecule has 5 heteroatoms. The second-order valence-corrected chi connectivity index (χ2v) is 5.39. The third-order valence-corrected chi connectivity index (χ3v) is 3.82. The fourth-order valence-corrected chi connectivity index (χ4v) is 2.49. The van der Waals surface area contributed by atoms with E-state index in [1.807, 2.05) is 38.1 Å².